The van der Waals surface area contributed by atoms with Crippen molar-refractivity contribution in [3.8, 4) is 0 Å². The highest BCUT2D eigenvalue weighted by molar-refractivity contribution is 14.0. The van der Waals surface area contributed by atoms with Crippen LogP contribution < -0.4 is 11.1 Å². The minimum Gasteiger partial charge on any atom is -0.370 e. The molecule has 0 spiro atoms. The molecule has 1 aromatic carbocycles. The zero-order valence-electron chi connectivity index (χ0n) is 12.9. The van der Waals surface area contributed by atoms with Crippen LogP contribution in [0.25, 0.3) is 0 Å². The molecular formula is C17H28IN3. The molecule has 0 aliphatic heterocycles. The summed E-state index contributed by atoms with van der Waals surface area (Å²) in [6, 6.07) is 10.9. The Bertz CT molecular complexity index is 411. The number of hydrogen-bond acceptors (Lipinski definition) is 1. The molecular weight excluding hydrogens is 373 g/mol. The van der Waals surface area contributed by atoms with Crippen LogP contribution in [-0.4, -0.2) is 19.0 Å². The van der Waals surface area contributed by atoms with Gasteiger partial charge in [-0.2, -0.15) is 0 Å². The van der Waals surface area contributed by atoms with Crippen molar-refractivity contribution in [2.75, 3.05) is 13.1 Å². The Morgan fingerprint density at radius 3 is 2.48 bits per heavy atom. The fraction of sp³-hybridized carbons (Fsp3) is 0.588. The molecule has 0 aromatic heterocycles. The summed E-state index contributed by atoms with van der Waals surface area (Å²) in [5.74, 6) is 2.06. The number of nitrogens with two attached hydrogens (primary N) is 1. The Labute approximate surface area is 145 Å². The third-order valence-electron chi connectivity index (χ3n) is 4.19. The van der Waals surface area contributed by atoms with Crippen LogP contribution in [0.15, 0.2) is 35.3 Å². The Hall–Kier alpha value is -0.780. The number of hydrogen-bond donors (Lipinski definition) is 2. The van der Waals surface area contributed by atoms with Crippen molar-refractivity contribution in [3.05, 3.63) is 35.9 Å². The molecule has 0 saturated heterocycles. The standard InChI is InChI=1S/C17H27N3.HI/c1-2-12-19-17(18)20-13-14-8-10-16(11-9-14)15-6-4-3-5-7-15;/h3-7,14,16H,2,8-13H2,1H3,(H3,18,19,20);1H. The van der Waals surface area contributed by atoms with Crippen molar-refractivity contribution in [3.63, 3.8) is 0 Å². The van der Waals surface area contributed by atoms with E-state index in [1.165, 1.54) is 31.2 Å². The van der Waals surface area contributed by atoms with E-state index in [4.69, 9.17) is 5.73 Å². The average Bonchev–Trinajstić information content (AvgIpc) is 2.52. The van der Waals surface area contributed by atoms with Gasteiger partial charge in [0.2, 0.25) is 0 Å². The highest BCUT2D eigenvalue weighted by atomic mass is 127. The molecule has 1 aliphatic rings. The Balaban J connectivity index is 0.00000220. The first-order valence-corrected chi connectivity index (χ1v) is 7.88. The van der Waals surface area contributed by atoms with Crippen molar-refractivity contribution in [1.29, 1.82) is 0 Å². The molecule has 21 heavy (non-hydrogen) atoms. The van der Waals surface area contributed by atoms with Crippen LogP contribution >= 0.6 is 24.0 Å². The number of halogens is 1. The fourth-order valence-electron chi connectivity index (χ4n) is 2.94. The van der Waals surface area contributed by atoms with Crippen LogP contribution in [0, 0.1) is 5.92 Å². The molecule has 3 N–H and O–H groups in total. The molecule has 1 aromatic rings. The molecule has 1 fully saturated rings. The van der Waals surface area contributed by atoms with Gasteiger partial charge in [-0.25, -0.2) is 0 Å². The molecule has 2 rings (SSSR count). The number of nitrogens with one attached hydrogen (secondary N) is 1. The summed E-state index contributed by atoms with van der Waals surface area (Å²) in [5.41, 5.74) is 7.33. The largest absolute Gasteiger partial charge is 0.370 e. The first kappa shape index (κ1) is 18.3. The van der Waals surface area contributed by atoms with Gasteiger partial charge in [0.15, 0.2) is 5.96 Å². The molecule has 0 radical (unpaired) electrons. The number of nitrogens with zero attached hydrogens (tertiary/aromatic N) is 1. The van der Waals surface area contributed by atoms with Crippen LogP contribution in [0.2, 0.25) is 0 Å². The predicted octanol–water partition coefficient (Wildman–Crippen LogP) is 3.89. The summed E-state index contributed by atoms with van der Waals surface area (Å²) in [6.45, 7) is 3.92. The zero-order chi connectivity index (χ0) is 14.2. The third-order valence-corrected chi connectivity index (χ3v) is 4.19. The minimum atomic E-state index is 0. The summed E-state index contributed by atoms with van der Waals surface area (Å²) < 4.78 is 0. The van der Waals surface area contributed by atoms with Crippen molar-refractivity contribution in [2.45, 2.75) is 44.9 Å². The summed E-state index contributed by atoms with van der Waals surface area (Å²) in [6.07, 6.45) is 6.19. The predicted molar refractivity (Wildman–Crippen MR) is 101 cm³/mol. The highest BCUT2D eigenvalue weighted by Gasteiger charge is 2.21. The van der Waals surface area contributed by atoms with Gasteiger partial charge in [0.05, 0.1) is 0 Å². The lowest BCUT2D eigenvalue weighted by molar-refractivity contribution is 0.333. The molecule has 118 valence electrons. The van der Waals surface area contributed by atoms with Crippen molar-refractivity contribution in [1.82, 2.24) is 5.32 Å². The molecule has 0 bridgehead atoms. The van der Waals surface area contributed by atoms with E-state index in [0.717, 1.165) is 25.4 Å². The Morgan fingerprint density at radius 1 is 1.19 bits per heavy atom. The van der Waals surface area contributed by atoms with E-state index in [0.29, 0.717) is 11.9 Å². The monoisotopic (exact) mass is 401 g/mol. The van der Waals surface area contributed by atoms with Gasteiger partial charge >= 0.3 is 0 Å². The van der Waals surface area contributed by atoms with Crippen LogP contribution in [0.5, 0.6) is 0 Å². The van der Waals surface area contributed by atoms with Gasteiger partial charge in [0.1, 0.15) is 0 Å². The van der Waals surface area contributed by atoms with Gasteiger partial charge in [-0.05, 0) is 49.5 Å². The van der Waals surface area contributed by atoms with Crippen molar-refractivity contribution >= 4 is 29.9 Å². The quantitative estimate of drug-likeness (QED) is 0.447. The van der Waals surface area contributed by atoms with E-state index in [-0.39, 0.29) is 24.0 Å². The number of rotatable bonds is 5. The average molecular weight is 401 g/mol. The van der Waals surface area contributed by atoms with Gasteiger partial charge in [-0.3, -0.25) is 4.99 Å². The summed E-state index contributed by atoms with van der Waals surface area (Å²) in [4.78, 5) is 4.47. The topological polar surface area (TPSA) is 50.4 Å². The summed E-state index contributed by atoms with van der Waals surface area (Å²) in [5, 5.41) is 3.13. The van der Waals surface area contributed by atoms with Gasteiger partial charge in [0, 0.05) is 13.1 Å². The normalized spacial score (nSPS) is 22.4. The molecule has 3 nitrogen and oxygen atoms in total. The lowest BCUT2D eigenvalue weighted by Gasteiger charge is -2.28. The third kappa shape index (κ3) is 6.24. The summed E-state index contributed by atoms with van der Waals surface area (Å²) >= 11 is 0. The highest BCUT2D eigenvalue weighted by Crippen LogP contribution is 2.35. The second-order valence-corrected chi connectivity index (χ2v) is 5.78. The van der Waals surface area contributed by atoms with Gasteiger partial charge in [-0.15, -0.1) is 24.0 Å². The van der Waals surface area contributed by atoms with E-state index < -0.39 is 0 Å². The van der Waals surface area contributed by atoms with Gasteiger partial charge in [-0.1, -0.05) is 37.3 Å². The lowest BCUT2D eigenvalue weighted by atomic mass is 9.79. The SMILES string of the molecule is CCCNC(N)=NCC1CCC(c2ccccc2)CC1.I. The first-order chi connectivity index (χ1) is 9.79. The fourth-order valence-corrected chi connectivity index (χ4v) is 2.94. The first-order valence-electron chi connectivity index (χ1n) is 7.88. The van der Waals surface area contributed by atoms with Gasteiger partial charge in [0.25, 0.3) is 0 Å². The molecule has 0 heterocycles. The second kappa shape index (κ2) is 10.0. The van der Waals surface area contributed by atoms with Crippen LogP contribution in [0.4, 0.5) is 0 Å². The zero-order valence-corrected chi connectivity index (χ0v) is 15.3. The minimum absolute atomic E-state index is 0. The molecule has 4 heteroatoms. The molecule has 1 aliphatic carbocycles. The maximum atomic E-state index is 5.83. The van der Waals surface area contributed by atoms with E-state index in [9.17, 15) is 0 Å². The molecule has 1 saturated carbocycles. The van der Waals surface area contributed by atoms with Crippen LogP contribution in [0.3, 0.4) is 0 Å². The molecule has 0 amide bonds. The van der Waals surface area contributed by atoms with E-state index in [2.05, 4.69) is 47.6 Å². The maximum absolute atomic E-state index is 5.83. The lowest BCUT2D eigenvalue weighted by Crippen LogP contribution is -2.33. The Kier molecular flexibility index (Phi) is 8.73. The Morgan fingerprint density at radius 2 is 1.86 bits per heavy atom. The van der Waals surface area contributed by atoms with Crippen LogP contribution in [-0.2, 0) is 0 Å². The molecule has 0 atom stereocenters. The van der Waals surface area contributed by atoms with E-state index in [1.807, 2.05) is 0 Å². The summed E-state index contributed by atoms with van der Waals surface area (Å²) in [7, 11) is 0. The smallest absolute Gasteiger partial charge is 0.188 e. The van der Waals surface area contributed by atoms with Crippen molar-refractivity contribution in [2.24, 2.45) is 16.6 Å². The number of guanidine groups is 1. The van der Waals surface area contributed by atoms with Gasteiger partial charge < -0.3 is 11.1 Å². The van der Waals surface area contributed by atoms with E-state index >= 15 is 0 Å². The molecule has 0 unspecified atom stereocenters. The number of aliphatic imine (C=N–C) groups is 1. The van der Waals surface area contributed by atoms with E-state index in [1.54, 1.807) is 0 Å². The maximum Gasteiger partial charge on any atom is 0.188 e. The second-order valence-electron chi connectivity index (χ2n) is 5.78. The van der Waals surface area contributed by atoms with Crippen molar-refractivity contribution < 1.29 is 0 Å². The number of benzene rings is 1. The van der Waals surface area contributed by atoms with Crippen LogP contribution in [0.1, 0.15) is 50.5 Å².